The fourth-order valence-corrected chi connectivity index (χ4v) is 6.07. The average Bonchev–Trinajstić information content (AvgIpc) is 2.80. The van der Waals surface area contributed by atoms with Gasteiger partial charge in [-0.1, -0.05) is 66.0 Å². The minimum Gasteiger partial charge on any atom is -0.465 e. The van der Waals surface area contributed by atoms with Crippen LogP contribution < -0.4 is 0 Å². The molecule has 3 rings (SSSR count). The molecule has 7 heteroatoms. The highest BCUT2D eigenvalue weighted by Crippen LogP contribution is 2.53. The highest BCUT2D eigenvalue weighted by molar-refractivity contribution is 9.11. The molecule has 2 fully saturated rings. The van der Waals surface area contributed by atoms with Crippen molar-refractivity contribution >= 4 is 33.9 Å². The monoisotopic (exact) mass is 550 g/mol. The lowest BCUT2D eigenvalue weighted by molar-refractivity contribution is -0.343. The zero-order chi connectivity index (χ0) is 25.7. The van der Waals surface area contributed by atoms with Gasteiger partial charge in [0.25, 0.3) is 0 Å². The Morgan fingerprint density at radius 1 is 1.09 bits per heavy atom. The maximum atomic E-state index is 13.5. The second-order valence-corrected chi connectivity index (χ2v) is 11.3. The molecule has 1 heterocycles. The molecule has 194 valence electrons. The first kappa shape index (κ1) is 27.9. The van der Waals surface area contributed by atoms with Gasteiger partial charge < -0.3 is 18.9 Å². The van der Waals surface area contributed by atoms with Crippen molar-refractivity contribution in [1.29, 1.82) is 0 Å². The Bertz CT molecular complexity index is 893. The van der Waals surface area contributed by atoms with Crippen LogP contribution in [0.4, 0.5) is 0 Å². The standard InChI is InChI=1S/C28H39BrO6/c1-6-32-24(30)28(25(31)33-7-2,18-21(29)17-20-13-9-8-10-14-20)19-23-34-22-15-11-12-16-27(22,5)26(3,4)35-23/h8-10,13-14,17,22-23H,6-7,11-12,15-16,18-19H2,1-5H3/b21-17-/t22-,23-,27-/m1/s1. The molecule has 0 N–H and O–H groups in total. The molecule has 0 amide bonds. The number of ether oxygens (including phenoxy) is 4. The van der Waals surface area contributed by atoms with Crippen molar-refractivity contribution in [1.82, 2.24) is 0 Å². The Balaban J connectivity index is 1.97. The van der Waals surface area contributed by atoms with E-state index in [2.05, 4.69) is 36.7 Å². The Morgan fingerprint density at radius 2 is 1.71 bits per heavy atom. The summed E-state index contributed by atoms with van der Waals surface area (Å²) in [5, 5.41) is 0. The van der Waals surface area contributed by atoms with Crippen LogP contribution in [-0.2, 0) is 28.5 Å². The Morgan fingerprint density at radius 3 is 2.31 bits per heavy atom. The van der Waals surface area contributed by atoms with Gasteiger partial charge in [-0.15, -0.1) is 0 Å². The Hall–Kier alpha value is -1.70. The summed E-state index contributed by atoms with van der Waals surface area (Å²) in [5.41, 5.74) is -1.27. The van der Waals surface area contributed by atoms with Crippen LogP contribution in [0.1, 0.15) is 78.7 Å². The van der Waals surface area contributed by atoms with E-state index in [0.29, 0.717) is 4.48 Å². The van der Waals surface area contributed by atoms with E-state index in [1.807, 2.05) is 36.4 Å². The van der Waals surface area contributed by atoms with Gasteiger partial charge in [-0.05, 0) is 56.7 Å². The number of benzene rings is 1. The minimum absolute atomic E-state index is 0.00427. The first-order chi connectivity index (χ1) is 16.6. The van der Waals surface area contributed by atoms with Crippen LogP contribution in [0.5, 0.6) is 0 Å². The third-order valence-corrected chi connectivity index (χ3v) is 8.19. The molecule has 1 saturated carbocycles. The number of carbonyl (C=O) groups excluding carboxylic acids is 2. The van der Waals surface area contributed by atoms with E-state index >= 15 is 0 Å². The number of hydrogen-bond acceptors (Lipinski definition) is 6. The van der Waals surface area contributed by atoms with Crippen LogP contribution in [0.25, 0.3) is 6.08 Å². The van der Waals surface area contributed by atoms with Gasteiger partial charge in [0.1, 0.15) is 0 Å². The number of halogens is 1. The van der Waals surface area contributed by atoms with Gasteiger partial charge in [0.05, 0.1) is 24.9 Å². The molecule has 0 aromatic heterocycles. The van der Waals surface area contributed by atoms with Gasteiger partial charge in [0.15, 0.2) is 11.7 Å². The van der Waals surface area contributed by atoms with Crippen molar-refractivity contribution in [3.05, 3.63) is 40.4 Å². The van der Waals surface area contributed by atoms with Crippen molar-refractivity contribution in [3.63, 3.8) is 0 Å². The van der Waals surface area contributed by atoms with Gasteiger partial charge >= 0.3 is 11.9 Å². The summed E-state index contributed by atoms with van der Waals surface area (Å²) in [6.07, 6.45) is 5.42. The van der Waals surface area contributed by atoms with Crippen LogP contribution in [-0.4, -0.2) is 43.1 Å². The van der Waals surface area contributed by atoms with Crippen molar-refractivity contribution in [2.75, 3.05) is 13.2 Å². The number of allylic oxidation sites excluding steroid dienone is 1. The maximum Gasteiger partial charge on any atom is 0.324 e. The van der Waals surface area contributed by atoms with E-state index in [1.165, 1.54) is 0 Å². The predicted octanol–water partition coefficient (Wildman–Crippen LogP) is 6.42. The van der Waals surface area contributed by atoms with Crippen LogP contribution in [0.15, 0.2) is 34.8 Å². The average molecular weight is 552 g/mol. The molecule has 1 aliphatic carbocycles. The van der Waals surface area contributed by atoms with Crippen LogP contribution >= 0.6 is 15.9 Å². The van der Waals surface area contributed by atoms with Gasteiger partial charge in [-0.3, -0.25) is 9.59 Å². The molecule has 1 aliphatic heterocycles. The van der Waals surface area contributed by atoms with E-state index in [1.54, 1.807) is 13.8 Å². The number of esters is 2. The van der Waals surface area contributed by atoms with E-state index in [4.69, 9.17) is 18.9 Å². The van der Waals surface area contributed by atoms with Crippen LogP contribution in [0.3, 0.4) is 0 Å². The molecular weight excluding hydrogens is 512 g/mol. The lowest BCUT2D eigenvalue weighted by Crippen LogP contribution is -2.61. The maximum absolute atomic E-state index is 13.5. The topological polar surface area (TPSA) is 71.1 Å². The minimum atomic E-state index is -1.61. The lowest BCUT2D eigenvalue weighted by atomic mass is 9.63. The van der Waals surface area contributed by atoms with E-state index < -0.39 is 29.2 Å². The zero-order valence-corrected chi connectivity index (χ0v) is 23.2. The molecule has 6 nitrogen and oxygen atoms in total. The number of hydrogen-bond donors (Lipinski definition) is 0. The molecule has 0 radical (unpaired) electrons. The largest absolute Gasteiger partial charge is 0.465 e. The van der Waals surface area contributed by atoms with Gasteiger partial charge in [-0.2, -0.15) is 0 Å². The quantitative estimate of drug-likeness (QED) is 0.261. The van der Waals surface area contributed by atoms with Crippen molar-refractivity contribution in [2.45, 2.75) is 91.1 Å². The van der Waals surface area contributed by atoms with Gasteiger partial charge in [0, 0.05) is 18.3 Å². The fourth-order valence-electron chi connectivity index (χ4n) is 5.33. The third-order valence-electron chi connectivity index (χ3n) is 7.68. The highest BCUT2D eigenvalue weighted by Gasteiger charge is 2.58. The zero-order valence-electron chi connectivity index (χ0n) is 21.6. The summed E-state index contributed by atoms with van der Waals surface area (Å²) in [6, 6.07) is 9.71. The first-order valence-corrected chi connectivity index (χ1v) is 13.5. The second-order valence-electron chi connectivity index (χ2n) is 10.3. The van der Waals surface area contributed by atoms with Gasteiger partial charge in [0.2, 0.25) is 0 Å². The van der Waals surface area contributed by atoms with E-state index in [0.717, 1.165) is 31.2 Å². The normalized spacial score (nSPS) is 26.5. The smallest absolute Gasteiger partial charge is 0.324 e. The molecule has 1 aromatic rings. The van der Waals surface area contributed by atoms with Crippen molar-refractivity contribution in [3.8, 4) is 0 Å². The second kappa shape index (κ2) is 11.6. The van der Waals surface area contributed by atoms with Gasteiger partial charge in [-0.25, -0.2) is 0 Å². The third kappa shape index (κ3) is 6.00. The highest BCUT2D eigenvalue weighted by atomic mass is 79.9. The molecule has 1 saturated heterocycles. The Kier molecular flexibility index (Phi) is 9.22. The summed E-state index contributed by atoms with van der Waals surface area (Å²) in [4.78, 5) is 26.9. The molecular formula is C28H39BrO6. The first-order valence-electron chi connectivity index (χ1n) is 12.7. The predicted molar refractivity (Wildman–Crippen MR) is 139 cm³/mol. The summed E-state index contributed by atoms with van der Waals surface area (Å²) >= 11 is 3.60. The SMILES string of the molecule is CCOC(=O)C(C/C(Br)=C/c1ccccc1)(C[C@@H]1O[C@@H]2CCCC[C@@]2(C)C(C)(C)O1)C(=O)OCC. The number of carbonyl (C=O) groups is 2. The summed E-state index contributed by atoms with van der Waals surface area (Å²) in [6.45, 7) is 10.2. The molecule has 3 atom stereocenters. The summed E-state index contributed by atoms with van der Waals surface area (Å²) in [5.74, 6) is -1.25. The van der Waals surface area contributed by atoms with Crippen molar-refractivity contribution in [2.24, 2.45) is 10.8 Å². The lowest BCUT2D eigenvalue weighted by Gasteiger charge is -2.57. The van der Waals surface area contributed by atoms with Crippen LogP contribution in [0, 0.1) is 10.8 Å². The molecule has 2 aliphatic rings. The van der Waals surface area contributed by atoms with Crippen molar-refractivity contribution < 1.29 is 28.5 Å². The van der Waals surface area contributed by atoms with Crippen LogP contribution in [0.2, 0.25) is 0 Å². The fraction of sp³-hybridized carbons (Fsp3) is 0.643. The summed E-state index contributed by atoms with van der Waals surface area (Å²) < 4.78 is 24.5. The Labute approximate surface area is 217 Å². The number of rotatable bonds is 9. The summed E-state index contributed by atoms with van der Waals surface area (Å²) in [7, 11) is 0. The molecule has 0 unspecified atom stereocenters. The van der Waals surface area contributed by atoms with E-state index in [9.17, 15) is 9.59 Å². The molecule has 0 bridgehead atoms. The molecule has 1 aromatic carbocycles. The van der Waals surface area contributed by atoms with E-state index in [-0.39, 0.29) is 37.6 Å². The molecule has 35 heavy (non-hydrogen) atoms. The molecule has 0 spiro atoms. The number of fused-ring (bicyclic) bond motifs is 1.